The van der Waals surface area contributed by atoms with Crippen molar-refractivity contribution in [2.75, 3.05) is 0 Å². The second kappa shape index (κ2) is 3.26. The van der Waals surface area contributed by atoms with Crippen LogP contribution in [-0.2, 0) is 24.2 Å². The van der Waals surface area contributed by atoms with Gasteiger partial charge in [-0.1, -0.05) is 0 Å². The number of aryl methyl sites for hydroxylation is 1. The highest BCUT2D eigenvalue weighted by molar-refractivity contribution is 5.83. The standard InChI is InChI=1S/C10H11N3O/c1-2-13-10-5-7(14)3-4-8(10)9(6-11)12-13/h2-5H2,1H3. The Morgan fingerprint density at radius 1 is 1.57 bits per heavy atom. The lowest BCUT2D eigenvalue weighted by Gasteiger charge is -2.11. The highest BCUT2D eigenvalue weighted by Gasteiger charge is 2.23. The van der Waals surface area contributed by atoms with Crippen LogP contribution in [0.2, 0.25) is 0 Å². The van der Waals surface area contributed by atoms with E-state index in [1.807, 2.05) is 6.92 Å². The number of hydrogen-bond donors (Lipinski definition) is 0. The lowest BCUT2D eigenvalue weighted by atomic mass is 9.95. The van der Waals surface area contributed by atoms with Crippen LogP contribution in [0.1, 0.15) is 30.3 Å². The molecule has 4 nitrogen and oxygen atoms in total. The molecule has 0 radical (unpaired) electrons. The molecule has 0 fully saturated rings. The summed E-state index contributed by atoms with van der Waals surface area (Å²) >= 11 is 0. The Labute approximate surface area is 82.1 Å². The number of nitriles is 1. The largest absolute Gasteiger partial charge is 0.299 e. The van der Waals surface area contributed by atoms with Crippen LogP contribution in [0, 0.1) is 11.3 Å². The fourth-order valence-electron chi connectivity index (χ4n) is 1.89. The number of fused-ring (bicyclic) bond motifs is 1. The number of carbonyl (C=O) groups is 1. The van der Waals surface area contributed by atoms with Crippen LogP contribution >= 0.6 is 0 Å². The molecule has 1 aliphatic carbocycles. The summed E-state index contributed by atoms with van der Waals surface area (Å²) in [4.78, 5) is 11.3. The van der Waals surface area contributed by atoms with E-state index in [0.717, 1.165) is 17.8 Å². The first-order valence-corrected chi connectivity index (χ1v) is 4.76. The van der Waals surface area contributed by atoms with Gasteiger partial charge in [0.25, 0.3) is 0 Å². The van der Waals surface area contributed by atoms with Crippen molar-refractivity contribution in [1.29, 1.82) is 5.26 Å². The molecule has 0 atom stereocenters. The zero-order valence-electron chi connectivity index (χ0n) is 8.08. The van der Waals surface area contributed by atoms with Crippen LogP contribution in [-0.4, -0.2) is 15.6 Å². The summed E-state index contributed by atoms with van der Waals surface area (Å²) in [6.07, 6.45) is 1.67. The minimum atomic E-state index is 0.247. The third-order valence-electron chi connectivity index (χ3n) is 2.59. The molecule has 4 heteroatoms. The predicted molar refractivity (Wildman–Crippen MR) is 49.6 cm³/mol. The van der Waals surface area contributed by atoms with Crippen LogP contribution < -0.4 is 0 Å². The van der Waals surface area contributed by atoms with Crippen molar-refractivity contribution in [3.63, 3.8) is 0 Å². The Bertz CT molecular complexity index is 425. The average molecular weight is 189 g/mol. The second-order valence-corrected chi connectivity index (χ2v) is 3.42. The third-order valence-corrected chi connectivity index (χ3v) is 2.59. The summed E-state index contributed by atoms with van der Waals surface area (Å²) in [5.41, 5.74) is 2.42. The SMILES string of the molecule is CCn1nc(C#N)c2c1CC(=O)CC2. The molecule has 2 rings (SSSR count). The molecule has 1 aromatic rings. The third kappa shape index (κ3) is 1.22. The normalized spacial score (nSPS) is 15.0. The minimum Gasteiger partial charge on any atom is -0.299 e. The number of rotatable bonds is 1. The van der Waals surface area contributed by atoms with Crippen molar-refractivity contribution in [3.05, 3.63) is 17.0 Å². The summed E-state index contributed by atoms with van der Waals surface area (Å²) in [6.45, 7) is 2.69. The number of aromatic nitrogens is 2. The highest BCUT2D eigenvalue weighted by atomic mass is 16.1. The molecule has 0 bridgehead atoms. The van der Waals surface area contributed by atoms with E-state index in [1.54, 1.807) is 4.68 Å². The molecule has 1 aliphatic rings. The Hall–Kier alpha value is -1.63. The van der Waals surface area contributed by atoms with E-state index in [4.69, 9.17) is 5.26 Å². The molecular weight excluding hydrogens is 178 g/mol. The van der Waals surface area contributed by atoms with Crippen LogP contribution in [0.15, 0.2) is 0 Å². The molecule has 0 saturated heterocycles. The van der Waals surface area contributed by atoms with Crippen molar-refractivity contribution < 1.29 is 4.79 Å². The Balaban J connectivity index is 2.54. The number of Topliss-reactive ketones (excluding diaryl/α,β-unsaturated/α-hetero) is 1. The van der Waals surface area contributed by atoms with Gasteiger partial charge in [-0.15, -0.1) is 0 Å². The van der Waals surface area contributed by atoms with Crippen LogP contribution in [0.3, 0.4) is 0 Å². The lowest BCUT2D eigenvalue weighted by molar-refractivity contribution is -0.118. The van der Waals surface area contributed by atoms with Gasteiger partial charge in [-0.25, -0.2) is 0 Å². The van der Waals surface area contributed by atoms with E-state index in [2.05, 4.69) is 11.2 Å². The molecule has 0 N–H and O–H groups in total. The summed E-state index contributed by atoms with van der Waals surface area (Å²) in [5, 5.41) is 13.0. The zero-order valence-corrected chi connectivity index (χ0v) is 8.08. The zero-order chi connectivity index (χ0) is 10.1. The lowest BCUT2D eigenvalue weighted by Crippen LogP contribution is -2.16. The van der Waals surface area contributed by atoms with Crippen LogP contribution in [0.25, 0.3) is 0 Å². The van der Waals surface area contributed by atoms with Gasteiger partial charge in [-0.2, -0.15) is 10.4 Å². The molecule has 0 amide bonds. The van der Waals surface area contributed by atoms with Gasteiger partial charge < -0.3 is 0 Å². The summed E-state index contributed by atoms with van der Waals surface area (Å²) in [7, 11) is 0. The average Bonchev–Trinajstić information content (AvgIpc) is 2.55. The number of hydrogen-bond acceptors (Lipinski definition) is 3. The van der Waals surface area contributed by atoms with Crippen LogP contribution in [0.4, 0.5) is 0 Å². The quantitative estimate of drug-likeness (QED) is 0.657. The molecule has 14 heavy (non-hydrogen) atoms. The van der Waals surface area contributed by atoms with Crippen molar-refractivity contribution in [2.45, 2.75) is 32.7 Å². The maximum absolute atomic E-state index is 11.3. The van der Waals surface area contributed by atoms with Gasteiger partial charge in [-0.05, 0) is 13.3 Å². The topological polar surface area (TPSA) is 58.7 Å². The Morgan fingerprint density at radius 2 is 2.36 bits per heavy atom. The molecule has 0 spiro atoms. The molecule has 0 unspecified atom stereocenters. The molecule has 0 aliphatic heterocycles. The van der Waals surface area contributed by atoms with E-state index in [0.29, 0.717) is 25.0 Å². The molecule has 0 saturated carbocycles. The number of carbonyl (C=O) groups excluding carboxylic acids is 1. The van der Waals surface area contributed by atoms with Crippen molar-refractivity contribution in [3.8, 4) is 6.07 Å². The summed E-state index contributed by atoms with van der Waals surface area (Å²) in [6, 6.07) is 2.08. The molecule has 72 valence electrons. The van der Waals surface area contributed by atoms with Crippen molar-refractivity contribution >= 4 is 5.78 Å². The monoisotopic (exact) mass is 189 g/mol. The van der Waals surface area contributed by atoms with Gasteiger partial charge in [-0.3, -0.25) is 9.48 Å². The fourth-order valence-corrected chi connectivity index (χ4v) is 1.89. The molecule has 1 heterocycles. The Morgan fingerprint density at radius 3 is 3.00 bits per heavy atom. The molecular formula is C10H11N3O. The first-order chi connectivity index (χ1) is 6.76. The number of ketones is 1. The first-order valence-electron chi connectivity index (χ1n) is 4.76. The van der Waals surface area contributed by atoms with E-state index >= 15 is 0 Å². The molecule has 0 aromatic carbocycles. The summed E-state index contributed by atoms with van der Waals surface area (Å²) in [5.74, 6) is 0.247. The van der Waals surface area contributed by atoms with Gasteiger partial charge in [0.2, 0.25) is 0 Å². The minimum absolute atomic E-state index is 0.247. The Kier molecular flexibility index (Phi) is 2.08. The first kappa shape index (κ1) is 8.95. The van der Waals surface area contributed by atoms with Crippen molar-refractivity contribution in [2.24, 2.45) is 0 Å². The summed E-state index contributed by atoms with van der Waals surface area (Å²) < 4.78 is 1.77. The van der Waals surface area contributed by atoms with Gasteiger partial charge in [0.1, 0.15) is 11.9 Å². The second-order valence-electron chi connectivity index (χ2n) is 3.42. The smallest absolute Gasteiger partial charge is 0.165 e. The van der Waals surface area contributed by atoms with Gasteiger partial charge in [0, 0.05) is 24.9 Å². The molecule has 1 aromatic heterocycles. The maximum Gasteiger partial charge on any atom is 0.165 e. The fraction of sp³-hybridized carbons (Fsp3) is 0.500. The number of nitrogens with zero attached hydrogens (tertiary/aromatic N) is 3. The predicted octanol–water partition coefficient (Wildman–Crippen LogP) is 0.832. The van der Waals surface area contributed by atoms with E-state index in [-0.39, 0.29) is 5.78 Å². The van der Waals surface area contributed by atoms with Gasteiger partial charge in [0.15, 0.2) is 5.69 Å². The van der Waals surface area contributed by atoms with E-state index < -0.39 is 0 Å². The highest BCUT2D eigenvalue weighted by Crippen LogP contribution is 2.22. The van der Waals surface area contributed by atoms with E-state index in [9.17, 15) is 4.79 Å². The van der Waals surface area contributed by atoms with Gasteiger partial charge >= 0.3 is 0 Å². The van der Waals surface area contributed by atoms with E-state index in [1.165, 1.54) is 0 Å². The van der Waals surface area contributed by atoms with Crippen molar-refractivity contribution in [1.82, 2.24) is 9.78 Å². The van der Waals surface area contributed by atoms with Crippen LogP contribution in [0.5, 0.6) is 0 Å². The van der Waals surface area contributed by atoms with Gasteiger partial charge in [0.05, 0.1) is 5.69 Å². The maximum atomic E-state index is 11.3.